The third-order valence-electron chi connectivity index (χ3n) is 3.03. The lowest BCUT2D eigenvalue weighted by molar-refractivity contribution is 0.464. The van der Waals surface area contributed by atoms with Crippen LogP contribution in [-0.2, 0) is 0 Å². The Morgan fingerprint density at radius 3 is 2.82 bits per heavy atom. The maximum atomic E-state index is 5.78. The van der Waals surface area contributed by atoms with Crippen LogP contribution in [-0.4, -0.2) is 29.9 Å². The van der Waals surface area contributed by atoms with Crippen LogP contribution in [0.5, 0.6) is 11.6 Å². The summed E-state index contributed by atoms with van der Waals surface area (Å²) in [5.74, 6) is 1.12. The highest BCUT2D eigenvalue weighted by molar-refractivity contribution is 5.69. The molecule has 0 spiro atoms. The molecule has 0 saturated carbocycles. The monoisotopic (exact) mass is 290 g/mol. The Balaban J connectivity index is 1.66. The van der Waals surface area contributed by atoms with Gasteiger partial charge in [0.1, 0.15) is 11.3 Å². The van der Waals surface area contributed by atoms with E-state index in [1.165, 1.54) is 0 Å². The van der Waals surface area contributed by atoms with E-state index in [0.29, 0.717) is 17.3 Å². The molecule has 0 aliphatic carbocycles. The van der Waals surface area contributed by atoms with Crippen LogP contribution in [0.25, 0.3) is 16.9 Å². The summed E-state index contributed by atoms with van der Waals surface area (Å²) < 4.78 is 7.44. The zero-order valence-corrected chi connectivity index (χ0v) is 11.4. The summed E-state index contributed by atoms with van der Waals surface area (Å²) in [6.45, 7) is 0. The summed E-state index contributed by atoms with van der Waals surface area (Å²) in [5, 5.41) is 7.74. The minimum absolute atomic E-state index is 0.462. The second kappa shape index (κ2) is 5.21. The van der Waals surface area contributed by atoms with Gasteiger partial charge in [0, 0.05) is 24.5 Å². The molecule has 7 heteroatoms. The average Bonchev–Trinajstić information content (AvgIpc) is 3.10. The topological polar surface area (TPSA) is 78.6 Å². The molecule has 0 N–H and O–H groups in total. The van der Waals surface area contributed by atoms with Crippen LogP contribution in [0, 0.1) is 0 Å². The summed E-state index contributed by atoms with van der Waals surface area (Å²) in [4.78, 5) is 12.7. The van der Waals surface area contributed by atoms with Gasteiger partial charge in [0.25, 0.3) is 0 Å². The fraction of sp³-hybridized carbons (Fsp3) is 0. The van der Waals surface area contributed by atoms with Gasteiger partial charge < -0.3 is 4.74 Å². The third-order valence-corrected chi connectivity index (χ3v) is 3.03. The van der Waals surface area contributed by atoms with Crippen molar-refractivity contribution in [3.8, 4) is 17.3 Å². The van der Waals surface area contributed by atoms with Gasteiger partial charge in [0.15, 0.2) is 5.65 Å². The minimum atomic E-state index is 0.462. The van der Waals surface area contributed by atoms with E-state index in [4.69, 9.17) is 4.74 Å². The molecule has 0 amide bonds. The van der Waals surface area contributed by atoms with Gasteiger partial charge in [-0.1, -0.05) is 11.3 Å². The van der Waals surface area contributed by atoms with Crippen molar-refractivity contribution in [3.05, 3.63) is 61.2 Å². The molecule has 0 bridgehead atoms. The predicted octanol–water partition coefficient (Wildman–Crippen LogP) is 2.40. The molecule has 22 heavy (non-hydrogen) atoms. The van der Waals surface area contributed by atoms with E-state index in [2.05, 4.69) is 25.3 Å². The van der Waals surface area contributed by atoms with E-state index in [9.17, 15) is 0 Å². The Labute approximate surface area is 125 Å². The summed E-state index contributed by atoms with van der Waals surface area (Å²) >= 11 is 0. The van der Waals surface area contributed by atoms with Crippen molar-refractivity contribution in [3.63, 3.8) is 0 Å². The van der Waals surface area contributed by atoms with Crippen molar-refractivity contribution in [1.29, 1.82) is 0 Å². The molecule has 1 aromatic carbocycles. The first-order valence-corrected chi connectivity index (χ1v) is 6.61. The molecule has 4 aromatic rings. The number of nitrogens with zero attached hydrogens (tertiary/aromatic N) is 6. The molecule has 7 nitrogen and oxygen atoms in total. The number of hydrogen-bond acceptors (Lipinski definition) is 6. The number of rotatable bonds is 3. The fourth-order valence-corrected chi connectivity index (χ4v) is 2.05. The molecule has 0 unspecified atom stereocenters. The van der Waals surface area contributed by atoms with Crippen molar-refractivity contribution in [2.45, 2.75) is 0 Å². The lowest BCUT2D eigenvalue weighted by Gasteiger charge is -2.07. The highest BCUT2D eigenvalue weighted by atomic mass is 16.5. The second-order valence-electron chi connectivity index (χ2n) is 4.50. The zero-order chi connectivity index (χ0) is 14.8. The summed E-state index contributed by atoms with van der Waals surface area (Å²) in [6, 6.07) is 11.1. The number of benzene rings is 1. The van der Waals surface area contributed by atoms with E-state index in [-0.39, 0.29) is 0 Å². The highest BCUT2D eigenvalue weighted by Gasteiger charge is 2.04. The summed E-state index contributed by atoms with van der Waals surface area (Å²) in [7, 11) is 0. The number of pyridine rings is 1. The van der Waals surface area contributed by atoms with Gasteiger partial charge in [0.05, 0.1) is 18.1 Å². The van der Waals surface area contributed by atoms with E-state index in [1.807, 2.05) is 30.3 Å². The standard InChI is InChI=1S/C15H10N6O/c1-2-11(21-9-8-18-20-21)10-12(3-1)22-14-5-4-13-15(19-14)17-7-6-16-13/h1-10H. The van der Waals surface area contributed by atoms with Crippen LogP contribution in [0.4, 0.5) is 0 Å². The maximum Gasteiger partial charge on any atom is 0.221 e. The average molecular weight is 290 g/mol. The molecule has 0 aliphatic rings. The molecule has 0 fully saturated rings. The maximum absolute atomic E-state index is 5.78. The van der Waals surface area contributed by atoms with Gasteiger partial charge in [0.2, 0.25) is 5.88 Å². The fourth-order valence-electron chi connectivity index (χ4n) is 2.05. The van der Waals surface area contributed by atoms with Crippen molar-refractivity contribution in [2.75, 3.05) is 0 Å². The van der Waals surface area contributed by atoms with Crippen molar-refractivity contribution >= 4 is 11.2 Å². The Kier molecular flexibility index (Phi) is 2.93. The third kappa shape index (κ3) is 2.35. The largest absolute Gasteiger partial charge is 0.439 e. The molecule has 106 valence electrons. The Hall–Kier alpha value is -3.35. The summed E-state index contributed by atoms with van der Waals surface area (Å²) in [6.07, 6.45) is 6.62. The Morgan fingerprint density at radius 2 is 1.91 bits per heavy atom. The zero-order valence-electron chi connectivity index (χ0n) is 11.4. The summed E-state index contributed by atoms with van der Waals surface area (Å²) in [5.41, 5.74) is 2.13. The second-order valence-corrected chi connectivity index (χ2v) is 4.50. The molecule has 0 radical (unpaired) electrons. The first-order valence-electron chi connectivity index (χ1n) is 6.61. The molecule has 3 aromatic heterocycles. The first kappa shape index (κ1) is 12.4. The lowest BCUT2D eigenvalue weighted by atomic mass is 10.3. The molecule has 0 saturated heterocycles. The molecule has 4 rings (SSSR count). The number of fused-ring (bicyclic) bond motifs is 1. The van der Waals surface area contributed by atoms with Crippen molar-refractivity contribution in [2.24, 2.45) is 0 Å². The van der Waals surface area contributed by atoms with Gasteiger partial charge in [-0.05, 0) is 18.2 Å². The van der Waals surface area contributed by atoms with Crippen LogP contribution in [0.2, 0.25) is 0 Å². The van der Waals surface area contributed by atoms with E-state index in [1.54, 1.807) is 35.5 Å². The normalized spacial score (nSPS) is 10.7. The molecule has 0 atom stereocenters. The quantitative estimate of drug-likeness (QED) is 0.576. The highest BCUT2D eigenvalue weighted by Crippen LogP contribution is 2.23. The smallest absolute Gasteiger partial charge is 0.221 e. The SMILES string of the molecule is c1cc(Oc2ccc3nccnc3n2)cc(-n2ccnn2)c1. The van der Waals surface area contributed by atoms with Crippen LogP contribution >= 0.6 is 0 Å². The van der Waals surface area contributed by atoms with Crippen LogP contribution in [0.1, 0.15) is 0 Å². The van der Waals surface area contributed by atoms with Crippen molar-refractivity contribution in [1.82, 2.24) is 29.9 Å². The van der Waals surface area contributed by atoms with E-state index >= 15 is 0 Å². The minimum Gasteiger partial charge on any atom is -0.439 e. The molecular weight excluding hydrogens is 280 g/mol. The van der Waals surface area contributed by atoms with Crippen LogP contribution in [0.15, 0.2) is 61.2 Å². The first-order chi connectivity index (χ1) is 10.9. The van der Waals surface area contributed by atoms with Gasteiger partial charge in [-0.2, -0.15) is 4.98 Å². The Morgan fingerprint density at radius 1 is 0.955 bits per heavy atom. The predicted molar refractivity (Wildman–Crippen MR) is 78.8 cm³/mol. The van der Waals surface area contributed by atoms with E-state index < -0.39 is 0 Å². The number of aromatic nitrogens is 6. The number of hydrogen-bond donors (Lipinski definition) is 0. The Bertz CT molecular complexity index is 922. The van der Waals surface area contributed by atoms with Gasteiger partial charge in [-0.15, -0.1) is 5.10 Å². The molecular formula is C15H10N6O. The van der Waals surface area contributed by atoms with Gasteiger partial charge in [-0.3, -0.25) is 4.98 Å². The van der Waals surface area contributed by atoms with E-state index in [0.717, 1.165) is 11.2 Å². The van der Waals surface area contributed by atoms with Gasteiger partial charge in [-0.25, -0.2) is 9.67 Å². The van der Waals surface area contributed by atoms with Gasteiger partial charge >= 0.3 is 0 Å². The lowest BCUT2D eigenvalue weighted by Crippen LogP contribution is -1.96. The number of ether oxygens (including phenoxy) is 1. The van der Waals surface area contributed by atoms with Crippen molar-refractivity contribution < 1.29 is 4.74 Å². The van der Waals surface area contributed by atoms with Crippen LogP contribution in [0.3, 0.4) is 0 Å². The molecule has 0 aliphatic heterocycles. The molecule has 3 heterocycles. The van der Waals surface area contributed by atoms with Crippen LogP contribution < -0.4 is 4.74 Å².